The summed E-state index contributed by atoms with van der Waals surface area (Å²) in [5.74, 6) is -1.33. The van der Waals surface area contributed by atoms with Gasteiger partial charge in [0.1, 0.15) is 5.60 Å². The van der Waals surface area contributed by atoms with Gasteiger partial charge in [0.15, 0.2) is 0 Å². The minimum atomic E-state index is -5.70. The fourth-order valence-corrected chi connectivity index (χ4v) is 2.30. The molecule has 1 unspecified atom stereocenters. The van der Waals surface area contributed by atoms with E-state index in [0.717, 1.165) is 16.7 Å². The first-order valence-electron chi connectivity index (χ1n) is 5.99. The number of carbonyl (C=O) groups is 1. The van der Waals surface area contributed by atoms with E-state index < -0.39 is 27.0 Å². The third-order valence-corrected chi connectivity index (χ3v) is 4.33. The van der Waals surface area contributed by atoms with Crippen molar-refractivity contribution >= 4 is 15.9 Å². The molecule has 1 amide bonds. The number of carbonyl (C=O) groups excluding carboxylic acids is 1. The van der Waals surface area contributed by atoms with Gasteiger partial charge >= 0.3 is 15.5 Å². The highest BCUT2D eigenvalue weighted by Crippen LogP contribution is 2.41. The minimum Gasteiger partial charge on any atom is -0.365 e. The highest BCUT2D eigenvalue weighted by atomic mass is 32.2. The van der Waals surface area contributed by atoms with Gasteiger partial charge in [-0.05, 0) is 24.1 Å². The third kappa shape index (κ3) is 3.03. The molecule has 0 radical (unpaired) electrons. The first kappa shape index (κ1) is 15.8. The van der Waals surface area contributed by atoms with Crippen LogP contribution in [-0.2, 0) is 20.4 Å². The Morgan fingerprint density at radius 2 is 1.86 bits per heavy atom. The first-order valence-corrected chi connectivity index (χ1v) is 7.47. The number of amides is 1. The van der Waals surface area contributed by atoms with E-state index in [1.165, 1.54) is 24.3 Å². The molecule has 9 heteroatoms. The van der Waals surface area contributed by atoms with Crippen LogP contribution in [0.15, 0.2) is 24.3 Å². The molecule has 116 valence electrons. The lowest BCUT2D eigenvalue weighted by Gasteiger charge is -2.11. The predicted octanol–water partition coefficient (Wildman–Crippen LogP) is 1.90. The number of nitrogens with one attached hydrogen (secondary N) is 1. The van der Waals surface area contributed by atoms with E-state index in [1.807, 2.05) is 6.92 Å². The molecular weight excluding hydrogens is 311 g/mol. The van der Waals surface area contributed by atoms with Crippen LogP contribution in [0.3, 0.4) is 0 Å². The zero-order valence-electron chi connectivity index (χ0n) is 10.9. The van der Waals surface area contributed by atoms with Gasteiger partial charge in [-0.2, -0.15) is 21.6 Å². The molecule has 1 heterocycles. The number of hydrogen-bond donors (Lipinski definition) is 1. The van der Waals surface area contributed by atoms with Crippen LogP contribution >= 0.6 is 0 Å². The number of sulfonamides is 1. The zero-order chi connectivity index (χ0) is 15.9. The smallest absolute Gasteiger partial charge is 0.365 e. The number of halogens is 3. The molecule has 1 aromatic carbocycles. The molecule has 1 fully saturated rings. The lowest BCUT2D eigenvalue weighted by molar-refractivity contribution is -0.0446. The van der Waals surface area contributed by atoms with Crippen molar-refractivity contribution in [3.05, 3.63) is 35.4 Å². The molecule has 1 N–H and O–H groups in total. The minimum absolute atomic E-state index is 0.182. The fraction of sp³-hybridized carbons (Fsp3) is 0.417. The monoisotopic (exact) mass is 323 g/mol. The molecule has 1 aromatic rings. The molecule has 1 aliphatic heterocycles. The van der Waals surface area contributed by atoms with Gasteiger partial charge in [0.25, 0.3) is 5.91 Å². The molecule has 1 aliphatic rings. The number of benzene rings is 1. The maximum Gasteiger partial charge on any atom is 0.516 e. The van der Waals surface area contributed by atoms with E-state index in [9.17, 15) is 26.4 Å². The second-order valence-corrected chi connectivity index (χ2v) is 6.27. The van der Waals surface area contributed by atoms with Crippen molar-refractivity contribution in [3.8, 4) is 0 Å². The number of epoxide rings is 1. The molecule has 5 nitrogen and oxygen atoms in total. The summed E-state index contributed by atoms with van der Waals surface area (Å²) in [6, 6.07) is 5.59. The molecule has 21 heavy (non-hydrogen) atoms. The van der Waals surface area contributed by atoms with Gasteiger partial charge in [-0.15, -0.1) is 0 Å². The Morgan fingerprint density at radius 3 is 2.24 bits per heavy atom. The second-order valence-electron chi connectivity index (χ2n) is 4.59. The van der Waals surface area contributed by atoms with Crippen LogP contribution in [0.25, 0.3) is 0 Å². The van der Waals surface area contributed by atoms with E-state index in [4.69, 9.17) is 4.74 Å². The number of rotatable bonds is 4. The zero-order valence-corrected chi connectivity index (χ0v) is 11.7. The topological polar surface area (TPSA) is 75.8 Å². The predicted molar refractivity (Wildman–Crippen MR) is 66.8 cm³/mol. The largest absolute Gasteiger partial charge is 0.516 e. The first-order chi connectivity index (χ1) is 9.61. The van der Waals surface area contributed by atoms with Gasteiger partial charge in [0.2, 0.25) is 0 Å². The van der Waals surface area contributed by atoms with Gasteiger partial charge < -0.3 is 4.74 Å². The van der Waals surface area contributed by atoms with E-state index >= 15 is 0 Å². The molecule has 0 aromatic heterocycles. The second kappa shape index (κ2) is 4.99. The van der Waals surface area contributed by atoms with Crippen molar-refractivity contribution in [2.75, 3.05) is 6.61 Å². The summed E-state index contributed by atoms with van der Waals surface area (Å²) in [6.07, 6.45) is 0.723. The van der Waals surface area contributed by atoms with Gasteiger partial charge in [-0.3, -0.25) is 4.79 Å². The van der Waals surface area contributed by atoms with Crippen molar-refractivity contribution < 1.29 is 31.1 Å². The third-order valence-electron chi connectivity index (χ3n) is 3.27. The van der Waals surface area contributed by atoms with Crippen molar-refractivity contribution in [3.63, 3.8) is 0 Å². The molecule has 1 saturated heterocycles. The summed E-state index contributed by atoms with van der Waals surface area (Å²) in [5.41, 5.74) is -5.32. The maximum absolute atomic E-state index is 12.2. The number of ether oxygens (including phenoxy) is 1. The Hall–Kier alpha value is -1.61. The van der Waals surface area contributed by atoms with Crippen LogP contribution in [0.2, 0.25) is 0 Å². The summed E-state index contributed by atoms with van der Waals surface area (Å²) in [4.78, 5) is 11.5. The summed E-state index contributed by atoms with van der Waals surface area (Å²) in [7, 11) is -5.70. The highest BCUT2D eigenvalue weighted by molar-refractivity contribution is 7.90. The van der Waals surface area contributed by atoms with E-state index in [2.05, 4.69) is 0 Å². The quantitative estimate of drug-likeness (QED) is 0.859. The summed E-state index contributed by atoms with van der Waals surface area (Å²) in [6.45, 7) is 2.46. The molecule has 0 aliphatic carbocycles. The maximum atomic E-state index is 12.2. The highest BCUT2D eigenvalue weighted by Gasteiger charge is 2.47. The fourth-order valence-electron chi connectivity index (χ4n) is 1.83. The molecular formula is C12H12F3NO4S. The summed E-state index contributed by atoms with van der Waals surface area (Å²) in [5, 5.41) is 0. The van der Waals surface area contributed by atoms with Crippen LogP contribution in [0.5, 0.6) is 0 Å². The molecule has 0 bridgehead atoms. The Kier molecular flexibility index (Phi) is 3.75. The van der Waals surface area contributed by atoms with Crippen molar-refractivity contribution in [1.82, 2.24) is 4.72 Å². The van der Waals surface area contributed by atoms with Crippen LogP contribution in [0.4, 0.5) is 13.2 Å². The lowest BCUT2D eigenvalue weighted by Crippen LogP contribution is -2.40. The van der Waals surface area contributed by atoms with Gasteiger partial charge in [0, 0.05) is 5.56 Å². The summed E-state index contributed by atoms with van der Waals surface area (Å²) >= 11 is 0. The average Bonchev–Trinajstić information content (AvgIpc) is 3.18. The SMILES string of the molecule is CCC1(c2ccc(C(=O)NS(=O)(=O)C(F)(F)F)cc2)CO1. The lowest BCUT2D eigenvalue weighted by atomic mass is 9.96. The Morgan fingerprint density at radius 1 is 1.33 bits per heavy atom. The number of hydrogen-bond acceptors (Lipinski definition) is 4. The van der Waals surface area contributed by atoms with Gasteiger partial charge in [-0.25, -0.2) is 4.72 Å². The van der Waals surface area contributed by atoms with E-state index in [1.54, 1.807) is 0 Å². The summed E-state index contributed by atoms with van der Waals surface area (Å²) < 4.78 is 64.5. The van der Waals surface area contributed by atoms with Gasteiger partial charge in [0.05, 0.1) is 6.61 Å². The average molecular weight is 323 g/mol. The van der Waals surface area contributed by atoms with Gasteiger partial charge in [-0.1, -0.05) is 19.1 Å². The molecule has 0 saturated carbocycles. The molecule has 1 atom stereocenters. The van der Waals surface area contributed by atoms with Crippen molar-refractivity contribution in [2.24, 2.45) is 0 Å². The van der Waals surface area contributed by atoms with Crippen LogP contribution in [0, 0.1) is 0 Å². The Bertz CT molecular complexity index is 648. The van der Waals surface area contributed by atoms with Crippen LogP contribution in [0.1, 0.15) is 29.3 Å². The van der Waals surface area contributed by atoms with E-state index in [-0.39, 0.29) is 5.56 Å². The van der Waals surface area contributed by atoms with Crippen LogP contribution < -0.4 is 4.72 Å². The number of alkyl halides is 3. The van der Waals surface area contributed by atoms with E-state index in [0.29, 0.717) is 6.61 Å². The molecule has 0 spiro atoms. The Balaban J connectivity index is 2.15. The van der Waals surface area contributed by atoms with Crippen molar-refractivity contribution in [1.29, 1.82) is 0 Å². The normalized spacial score (nSPS) is 21.9. The van der Waals surface area contributed by atoms with Crippen molar-refractivity contribution in [2.45, 2.75) is 24.5 Å². The van der Waals surface area contributed by atoms with Crippen LogP contribution in [-0.4, -0.2) is 26.4 Å². The molecule has 2 rings (SSSR count). The standard InChI is InChI=1S/C12H12F3NO4S/c1-2-11(7-20-11)9-5-3-8(4-6-9)10(17)16-21(18,19)12(13,14)15/h3-6H,2,7H2,1H3,(H,16,17). The Labute approximate surface area is 119 Å².